The van der Waals surface area contributed by atoms with Crippen LogP contribution in [0.25, 0.3) is 5.65 Å². The minimum Gasteiger partial charge on any atom is -0.480 e. The Kier molecular flexibility index (Phi) is 9.09. The van der Waals surface area contributed by atoms with Crippen LogP contribution in [0.2, 0.25) is 0 Å². The first kappa shape index (κ1) is 29.2. The molecule has 1 aliphatic heterocycles. The van der Waals surface area contributed by atoms with Crippen molar-refractivity contribution in [3.63, 3.8) is 0 Å². The number of hydrogen-bond acceptors (Lipinski definition) is 8. The van der Waals surface area contributed by atoms with E-state index in [1.165, 1.54) is 29.6 Å². The van der Waals surface area contributed by atoms with E-state index in [1.807, 2.05) is 12.1 Å². The Labute approximate surface area is 244 Å². The maximum absolute atomic E-state index is 12.4. The number of nitrogens with one attached hydrogen (secondary N) is 2. The van der Waals surface area contributed by atoms with Gasteiger partial charge in [0.25, 0.3) is 5.91 Å². The van der Waals surface area contributed by atoms with Gasteiger partial charge in [0.05, 0.1) is 6.10 Å². The summed E-state index contributed by atoms with van der Waals surface area (Å²) >= 11 is 0. The summed E-state index contributed by atoms with van der Waals surface area (Å²) in [5, 5.41) is 23.5. The lowest BCUT2D eigenvalue weighted by Gasteiger charge is -2.34. The van der Waals surface area contributed by atoms with Gasteiger partial charge in [-0.2, -0.15) is 0 Å². The first-order chi connectivity index (χ1) is 20.3. The van der Waals surface area contributed by atoms with Crippen molar-refractivity contribution in [2.45, 2.75) is 50.9 Å². The van der Waals surface area contributed by atoms with Crippen molar-refractivity contribution in [2.75, 3.05) is 31.5 Å². The molecule has 2 aromatic heterocycles. The number of piperidine rings is 1. The van der Waals surface area contributed by atoms with Gasteiger partial charge < -0.3 is 25.4 Å². The van der Waals surface area contributed by atoms with E-state index >= 15 is 0 Å². The summed E-state index contributed by atoms with van der Waals surface area (Å²) < 4.78 is 7.94. The zero-order valence-corrected chi connectivity index (χ0v) is 23.9. The summed E-state index contributed by atoms with van der Waals surface area (Å²) in [4.78, 5) is 30.3. The van der Waals surface area contributed by atoms with Crippen molar-refractivity contribution in [3.8, 4) is 0 Å². The molecule has 1 fully saturated rings. The van der Waals surface area contributed by atoms with Crippen LogP contribution in [-0.4, -0.2) is 79.5 Å². The number of benzene rings is 2. The van der Waals surface area contributed by atoms with Gasteiger partial charge in [-0.05, 0) is 62.9 Å². The van der Waals surface area contributed by atoms with Crippen molar-refractivity contribution in [3.05, 3.63) is 89.7 Å². The molecule has 0 atom stereocenters. The fraction of sp³-hybridized carbons (Fsp3) is 0.387. The number of aliphatic carboxylic acids is 1. The predicted octanol–water partition coefficient (Wildman–Crippen LogP) is 3.79. The number of amides is 1. The van der Waals surface area contributed by atoms with Crippen LogP contribution in [0.3, 0.4) is 0 Å². The number of fused-ring (bicyclic) bond motifs is 1. The molecule has 3 N–H and O–H groups in total. The fourth-order valence-corrected chi connectivity index (χ4v) is 4.95. The van der Waals surface area contributed by atoms with Crippen molar-refractivity contribution in [1.82, 2.24) is 30.0 Å². The van der Waals surface area contributed by atoms with Gasteiger partial charge in [0.2, 0.25) is 5.82 Å². The number of carboxylic acids is 1. The molecule has 1 aliphatic rings. The van der Waals surface area contributed by atoms with E-state index < -0.39 is 17.4 Å². The van der Waals surface area contributed by atoms with Gasteiger partial charge in [-0.1, -0.05) is 60.7 Å². The SMILES string of the molecule is CC(C)(NC(=O)c1nc2ccc(NCCCN3CCC(OC(c4ccccc4)c4ccccc4)CC3)nn2n1)C(=O)O. The molecule has 1 saturated heterocycles. The van der Waals surface area contributed by atoms with E-state index in [9.17, 15) is 14.7 Å². The van der Waals surface area contributed by atoms with Crippen LogP contribution in [-0.2, 0) is 9.53 Å². The number of carbonyl (C=O) groups excluding carboxylic acids is 1. The second-order valence-corrected chi connectivity index (χ2v) is 11.0. The number of ether oxygens (including phenoxy) is 1. The monoisotopic (exact) mass is 571 g/mol. The van der Waals surface area contributed by atoms with Gasteiger partial charge >= 0.3 is 5.97 Å². The van der Waals surface area contributed by atoms with Crippen LogP contribution in [0.4, 0.5) is 5.82 Å². The minimum atomic E-state index is -1.44. The number of nitrogens with zero attached hydrogens (tertiary/aromatic N) is 5. The summed E-state index contributed by atoms with van der Waals surface area (Å²) in [6.07, 6.45) is 3.08. The first-order valence-corrected chi connectivity index (χ1v) is 14.3. The van der Waals surface area contributed by atoms with Gasteiger partial charge in [0.15, 0.2) is 5.65 Å². The molecule has 5 rings (SSSR count). The quantitative estimate of drug-likeness (QED) is 0.217. The molecule has 1 amide bonds. The second-order valence-electron chi connectivity index (χ2n) is 11.0. The molecular formula is C31H37N7O4. The lowest BCUT2D eigenvalue weighted by atomic mass is 10.00. The Hall–Kier alpha value is -4.35. The van der Waals surface area contributed by atoms with Crippen molar-refractivity contribution < 1.29 is 19.4 Å². The third-order valence-electron chi connectivity index (χ3n) is 7.40. The van der Waals surface area contributed by atoms with E-state index in [4.69, 9.17) is 4.74 Å². The summed E-state index contributed by atoms with van der Waals surface area (Å²) in [6.45, 7) is 6.48. The van der Waals surface area contributed by atoms with E-state index in [0.717, 1.165) is 45.4 Å². The van der Waals surface area contributed by atoms with E-state index in [0.29, 0.717) is 11.5 Å². The number of likely N-dealkylation sites (tertiary alicyclic amines) is 1. The van der Waals surface area contributed by atoms with Crippen molar-refractivity contribution in [1.29, 1.82) is 0 Å². The molecule has 0 spiro atoms. The van der Waals surface area contributed by atoms with Crippen LogP contribution in [0.5, 0.6) is 0 Å². The van der Waals surface area contributed by atoms with Gasteiger partial charge in [-0.15, -0.1) is 14.8 Å². The highest BCUT2D eigenvalue weighted by molar-refractivity contribution is 5.95. The maximum atomic E-state index is 12.4. The molecule has 220 valence electrons. The topological polar surface area (TPSA) is 134 Å². The number of aromatic nitrogens is 4. The summed E-state index contributed by atoms with van der Waals surface area (Å²) in [7, 11) is 0. The van der Waals surface area contributed by atoms with Crippen LogP contribution in [0, 0.1) is 0 Å². The third kappa shape index (κ3) is 7.29. The van der Waals surface area contributed by atoms with E-state index in [2.05, 4.69) is 79.2 Å². The first-order valence-electron chi connectivity index (χ1n) is 14.3. The molecule has 0 aliphatic carbocycles. The summed E-state index contributed by atoms with van der Waals surface area (Å²) in [6, 6.07) is 24.3. The van der Waals surface area contributed by atoms with Crippen molar-refractivity contribution >= 4 is 23.3 Å². The Morgan fingerprint density at radius 1 is 0.976 bits per heavy atom. The number of hydrogen-bond donors (Lipinski definition) is 3. The van der Waals surface area contributed by atoms with Crippen molar-refractivity contribution in [2.24, 2.45) is 0 Å². The normalized spacial score (nSPS) is 14.7. The highest BCUT2D eigenvalue weighted by atomic mass is 16.5. The standard InChI is InChI=1S/C31H37N7O4/c1-31(2,30(40)41)34-29(39)28-33-26-15-14-25(35-38(26)36-28)32-18-9-19-37-20-16-24(17-21-37)42-27(22-10-5-3-6-11-22)23-12-7-4-8-13-23/h3-8,10-15,24,27H,9,16-21H2,1-2H3,(H,32,35)(H,34,39)(H,40,41). The fourth-order valence-electron chi connectivity index (χ4n) is 4.95. The predicted molar refractivity (Wildman–Crippen MR) is 158 cm³/mol. The van der Waals surface area contributed by atoms with Crippen LogP contribution in [0.15, 0.2) is 72.8 Å². The molecule has 2 aromatic carbocycles. The van der Waals surface area contributed by atoms with Crippen LogP contribution in [0.1, 0.15) is 61.0 Å². The maximum Gasteiger partial charge on any atom is 0.328 e. The van der Waals surface area contributed by atoms with Crippen LogP contribution < -0.4 is 10.6 Å². The number of carbonyl (C=O) groups is 2. The summed E-state index contributed by atoms with van der Waals surface area (Å²) in [5.41, 5.74) is 1.31. The largest absolute Gasteiger partial charge is 0.480 e. The molecule has 0 bridgehead atoms. The molecule has 42 heavy (non-hydrogen) atoms. The van der Waals surface area contributed by atoms with Crippen LogP contribution >= 0.6 is 0 Å². The van der Waals surface area contributed by atoms with Gasteiger partial charge in [-0.25, -0.2) is 9.78 Å². The molecule has 11 nitrogen and oxygen atoms in total. The van der Waals surface area contributed by atoms with Gasteiger partial charge in [0, 0.05) is 19.6 Å². The Morgan fingerprint density at radius 2 is 1.62 bits per heavy atom. The lowest BCUT2D eigenvalue weighted by molar-refractivity contribution is -0.143. The Morgan fingerprint density at radius 3 is 2.24 bits per heavy atom. The number of rotatable bonds is 12. The zero-order valence-electron chi connectivity index (χ0n) is 23.9. The molecule has 0 unspecified atom stereocenters. The molecule has 0 saturated carbocycles. The Bertz CT molecular complexity index is 1450. The third-order valence-corrected chi connectivity index (χ3v) is 7.40. The molecule has 11 heteroatoms. The average molecular weight is 572 g/mol. The highest BCUT2D eigenvalue weighted by Gasteiger charge is 2.31. The lowest BCUT2D eigenvalue weighted by Crippen LogP contribution is -2.49. The molecule has 4 aromatic rings. The minimum absolute atomic E-state index is 0.0648. The van der Waals surface area contributed by atoms with E-state index in [-0.39, 0.29) is 18.0 Å². The average Bonchev–Trinajstić information content (AvgIpc) is 3.43. The molecular weight excluding hydrogens is 534 g/mol. The highest BCUT2D eigenvalue weighted by Crippen LogP contribution is 2.30. The smallest absolute Gasteiger partial charge is 0.328 e. The summed E-state index contributed by atoms with van der Waals surface area (Å²) in [5.74, 6) is -1.35. The van der Waals surface area contributed by atoms with Gasteiger partial charge in [0.1, 0.15) is 17.5 Å². The van der Waals surface area contributed by atoms with Gasteiger partial charge in [-0.3, -0.25) is 4.79 Å². The molecule has 3 heterocycles. The number of anilines is 1. The van der Waals surface area contributed by atoms with E-state index in [1.54, 1.807) is 12.1 Å². The zero-order chi connectivity index (χ0) is 29.5. The Balaban J connectivity index is 1.07. The molecule has 0 radical (unpaired) electrons. The number of carboxylic acid groups (broad SMARTS) is 1. The second kappa shape index (κ2) is 13.1.